The van der Waals surface area contributed by atoms with E-state index in [1.807, 2.05) is 11.3 Å². The van der Waals surface area contributed by atoms with Gasteiger partial charge in [-0.25, -0.2) is 0 Å². The predicted molar refractivity (Wildman–Crippen MR) is 108 cm³/mol. The minimum absolute atomic E-state index is 0.684. The van der Waals surface area contributed by atoms with E-state index < -0.39 is 8.07 Å². The van der Waals surface area contributed by atoms with Crippen LogP contribution in [-0.2, 0) is 0 Å². The standard InChI is InChI=1S/C21H28SSi/c1-16(2)23(17(3)4,18(5)6)15-14-20-12-13-21(22-20)19-10-8-7-9-11-19/h7-13,16-18H,1-6H3. The lowest BCUT2D eigenvalue weighted by atomic mass is 10.2. The summed E-state index contributed by atoms with van der Waals surface area (Å²) in [4.78, 5) is 2.50. The van der Waals surface area contributed by atoms with Crippen LogP contribution in [-0.4, -0.2) is 8.07 Å². The normalized spacial score (nSPS) is 11.9. The lowest BCUT2D eigenvalue weighted by Crippen LogP contribution is -2.43. The van der Waals surface area contributed by atoms with Crippen LogP contribution < -0.4 is 0 Å². The average molecular weight is 341 g/mol. The van der Waals surface area contributed by atoms with E-state index in [1.165, 1.54) is 15.3 Å². The van der Waals surface area contributed by atoms with Gasteiger partial charge in [0.1, 0.15) is 8.07 Å². The SMILES string of the molecule is CC(C)[Si](C#Cc1ccc(-c2ccccc2)s1)(C(C)C)C(C)C. The topological polar surface area (TPSA) is 0 Å². The fourth-order valence-corrected chi connectivity index (χ4v) is 9.94. The van der Waals surface area contributed by atoms with Gasteiger partial charge in [-0.2, -0.15) is 0 Å². The highest BCUT2D eigenvalue weighted by atomic mass is 32.1. The minimum atomic E-state index is -1.63. The van der Waals surface area contributed by atoms with Crippen LogP contribution in [0, 0.1) is 11.5 Å². The molecule has 0 saturated heterocycles. The summed E-state index contributed by atoms with van der Waals surface area (Å²) in [7, 11) is -1.63. The Bertz CT molecular complexity index is 662. The molecule has 1 heterocycles. The third-order valence-corrected chi connectivity index (χ3v) is 12.3. The van der Waals surface area contributed by atoms with Crippen molar-refractivity contribution < 1.29 is 0 Å². The predicted octanol–water partition coefficient (Wildman–Crippen LogP) is 6.98. The molecule has 0 aliphatic carbocycles. The fourth-order valence-electron chi connectivity index (χ4n) is 3.77. The number of hydrogen-bond acceptors (Lipinski definition) is 1. The molecule has 0 amide bonds. The molecule has 0 atom stereocenters. The van der Waals surface area contributed by atoms with Gasteiger partial charge in [-0.05, 0) is 34.3 Å². The van der Waals surface area contributed by atoms with Gasteiger partial charge in [-0.1, -0.05) is 77.8 Å². The van der Waals surface area contributed by atoms with E-state index in [1.54, 1.807) is 0 Å². The maximum Gasteiger partial charge on any atom is 0.146 e. The van der Waals surface area contributed by atoms with Crippen molar-refractivity contribution in [1.82, 2.24) is 0 Å². The van der Waals surface area contributed by atoms with Gasteiger partial charge in [0.25, 0.3) is 0 Å². The van der Waals surface area contributed by atoms with E-state index >= 15 is 0 Å². The highest BCUT2D eigenvalue weighted by Crippen LogP contribution is 2.41. The van der Waals surface area contributed by atoms with Crippen LogP contribution in [0.5, 0.6) is 0 Å². The Morgan fingerprint density at radius 2 is 1.35 bits per heavy atom. The summed E-state index contributed by atoms with van der Waals surface area (Å²) in [5, 5.41) is 0. The molecule has 1 aromatic carbocycles. The number of rotatable bonds is 4. The molecule has 0 spiro atoms. The maximum absolute atomic E-state index is 3.81. The summed E-state index contributed by atoms with van der Waals surface area (Å²) in [5.74, 6) is 3.55. The number of thiophene rings is 1. The minimum Gasteiger partial charge on any atom is -0.127 e. The molecule has 122 valence electrons. The van der Waals surface area contributed by atoms with E-state index in [0.717, 1.165) is 0 Å². The maximum atomic E-state index is 3.81. The van der Waals surface area contributed by atoms with Crippen molar-refractivity contribution in [3.8, 4) is 21.9 Å². The van der Waals surface area contributed by atoms with Crippen LogP contribution in [0.15, 0.2) is 42.5 Å². The second-order valence-electron chi connectivity index (χ2n) is 7.18. The Balaban J connectivity index is 2.35. The third-order valence-electron chi connectivity index (χ3n) is 4.93. The van der Waals surface area contributed by atoms with Crippen LogP contribution >= 0.6 is 11.3 Å². The van der Waals surface area contributed by atoms with E-state index in [-0.39, 0.29) is 0 Å². The van der Waals surface area contributed by atoms with E-state index in [4.69, 9.17) is 0 Å². The Morgan fingerprint density at radius 1 is 0.783 bits per heavy atom. The Labute approximate surface area is 147 Å². The summed E-state index contributed by atoms with van der Waals surface area (Å²) in [6.07, 6.45) is 0. The van der Waals surface area contributed by atoms with Crippen LogP contribution in [0.4, 0.5) is 0 Å². The molecule has 0 N–H and O–H groups in total. The van der Waals surface area contributed by atoms with Crippen LogP contribution in [0.2, 0.25) is 16.6 Å². The smallest absolute Gasteiger partial charge is 0.127 e. The highest BCUT2D eigenvalue weighted by Gasteiger charge is 2.41. The summed E-state index contributed by atoms with van der Waals surface area (Å²) in [5.41, 5.74) is 7.15. The molecule has 2 aromatic rings. The second kappa shape index (κ2) is 7.51. The molecule has 0 unspecified atom stereocenters. The zero-order valence-electron chi connectivity index (χ0n) is 15.2. The van der Waals surface area contributed by atoms with Crippen LogP contribution in [0.3, 0.4) is 0 Å². The van der Waals surface area contributed by atoms with Crippen molar-refractivity contribution in [3.05, 3.63) is 47.3 Å². The van der Waals surface area contributed by atoms with Gasteiger partial charge in [-0.15, -0.1) is 16.9 Å². The highest BCUT2D eigenvalue weighted by molar-refractivity contribution is 7.16. The third kappa shape index (κ3) is 3.79. The van der Waals surface area contributed by atoms with Crippen molar-refractivity contribution in [2.45, 2.75) is 58.2 Å². The zero-order valence-corrected chi connectivity index (χ0v) is 17.0. The second-order valence-corrected chi connectivity index (χ2v) is 13.8. The van der Waals surface area contributed by atoms with Crippen molar-refractivity contribution in [2.24, 2.45) is 0 Å². The van der Waals surface area contributed by atoms with Gasteiger partial charge >= 0.3 is 0 Å². The van der Waals surface area contributed by atoms with Crippen LogP contribution in [0.25, 0.3) is 10.4 Å². The zero-order chi connectivity index (χ0) is 17.0. The van der Waals surface area contributed by atoms with Crippen molar-refractivity contribution in [3.63, 3.8) is 0 Å². The molecule has 0 radical (unpaired) electrons. The first kappa shape index (κ1) is 18.0. The molecule has 0 fully saturated rings. The fraction of sp³-hybridized carbons (Fsp3) is 0.429. The van der Waals surface area contributed by atoms with Crippen molar-refractivity contribution >= 4 is 19.4 Å². The Morgan fingerprint density at radius 3 is 1.87 bits per heavy atom. The molecule has 0 nitrogen and oxygen atoms in total. The Hall–Kier alpha value is -1.30. The number of benzene rings is 1. The molecule has 23 heavy (non-hydrogen) atoms. The lowest BCUT2D eigenvalue weighted by Gasteiger charge is -2.38. The molecule has 0 bridgehead atoms. The van der Waals surface area contributed by atoms with E-state index in [0.29, 0.717) is 16.6 Å². The van der Waals surface area contributed by atoms with Gasteiger partial charge in [0, 0.05) is 4.88 Å². The van der Waals surface area contributed by atoms with Gasteiger partial charge in [-0.3, -0.25) is 0 Å². The molecule has 2 heteroatoms. The first-order chi connectivity index (χ1) is 10.9. The molecular weight excluding hydrogens is 312 g/mol. The molecule has 0 aliphatic rings. The first-order valence-corrected chi connectivity index (χ1v) is 11.6. The summed E-state index contributed by atoms with van der Waals surface area (Å²) in [6.45, 7) is 14.2. The Kier molecular flexibility index (Phi) is 5.89. The van der Waals surface area contributed by atoms with E-state index in [9.17, 15) is 0 Å². The van der Waals surface area contributed by atoms with Gasteiger partial charge < -0.3 is 0 Å². The van der Waals surface area contributed by atoms with Gasteiger partial charge in [0.15, 0.2) is 0 Å². The molecule has 0 aliphatic heterocycles. The molecule has 2 rings (SSSR count). The largest absolute Gasteiger partial charge is 0.146 e. The lowest BCUT2D eigenvalue weighted by molar-refractivity contribution is 0.838. The van der Waals surface area contributed by atoms with Gasteiger partial charge in [0.2, 0.25) is 0 Å². The molecule has 1 aromatic heterocycles. The molecular formula is C21H28SSi. The molecule has 0 saturated carbocycles. The summed E-state index contributed by atoms with van der Waals surface area (Å²) < 4.78 is 0. The van der Waals surface area contributed by atoms with Crippen molar-refractivity contribution in [2.75, 3.05) is 0 Å². The number of hydrogen-bond donors (Lipinski definition) is 0. The average Bonchev–Trinajstić information content (AvgIpc) is 2.96. The first-order valence-electron chi connectivity index (χ1n) is 8.56. The quantitative estimate of drug-likeness (QED) is 0.416. The van der Waals surface area contributed by atoms with Crippen molar-refractivity contribution in [1.29, 1.82) is 0 Å². The van der Waals surface area contributed by atoms with Crippen LogP contribution in [0.1, 0.15) is 46.4 Å². The van der Waals surface area contributed by atoms with Gasteiger partial charge in [0.05, 0.1) is 4.88 Å². The summed E-state index contributed by atoms with van der Waals surface area (Å²) >= 11 is 1.81. The van der Waals surface area contributed by atoms with E-state index in [2.05, 4.69) is 95.5 Å². The monoisotopic (exact) mass is 340 g/mol. The summed E-state index contributed by atoms with van der Waals surface area (Å²) in [6, 6.07) is 15.0.